The highest BCUT2D eigenvalue weighted by atomic mass is 32.1. The Bertz CT molecular complexity index is 522. The predicted octanol–water partition coefficient (Wildman–Crippen LogP) is 2.92. The van der Waals surface area contributed by atoms with Crippen LogP contribution < -0.4 is 5.32 Å². The van der Waals surface area contributed by atoms with Crippen molar-refractivity contribution in [2.24, 2.45) is 5.92 Å². The number of piperidine rings is 1. The zero-order valence-electron chi connectivity index (χ0n) is 14.8. The lowest BCUT2D eigenvalue weighted by atomic mass is 10.0. The molecule has 0 saturated carbocycles. The molecule has 0 aromatic carbocycles. The van der Waals surface area contributed by atoms with Gasteiger partial charge in [0.15, 0.2) is 0 Å². The van der Waals surface area contributed by atoms with E-state index < -0.39 is 0 Å². The number of likely N-dealkylation sites (tertiary alicyclic amines) is 1. The van der Waals surface area contributed by atoms with Gasteiger partial charge in [-0.15, -0.1) is 0 Å². The Labute approximate surface area is 148 Å². The minimum absolute atomic E-state index is 0.0218. The van der Waals surface area contributed by atoms with E-state index in [1.807, 2.05) is 28.7 Å². The molecule has 2 amide bonds. The van der Waals surface area contributed by atoms with Crippen LogP contribution in [0.3, 0.4) is 0 Å². The number of hydrogen-bond acceptors (Lipinski definition) is 4. The molecule has 1 fully saturated rings. The topological polar surface area (TPSA) is 58.6 Å². The van der Waals surface area contributed by atoms with Gasteiger partial charge < -0.3 is 15.0 Å². The third-order valence-corrected chi connectivity index (χ3v) is 5.02. The molecule has 1 aliphatic rings. The van der Waals surface area contributed by atoms with E-state index in [-0.39, 0.29) is 24.0 Å². The van der Waals surface area contributed by atoms with E-state index in [0.717, 1.165) is 19.3 Å². The molecule has 1 aromatic rings. The average molecular weight is 353 g/mol. The maximum Gasteiger partial charge on any atom is 0.252 e. The second-order valence-corrected chi connectivity index (χ2v) is 7.56. The highest BCUT2D eigenvalue weighted by molar-refractivity contribution is 7.08. The van der Waals surface area contributed by atoms with Crippen molar-refractivity contribution in [2.75, 3.05) is 19.7 Å². The van der Waals surface area contributed by atoms with Crippen molar-refractivity contribution in [3.8, 4) is 0 Å². The van der Waals surface area contributed by atoms with Crippen LogP contribution in [0.4, 0.5) is 0 Å². The summed E-state index contributed by atoms with van der Waals surface area (Å²) in [7, 11) is 0. The Morgan fingerprint density at radius 3 is 2.62 bits per heavy atom. The summed E-state index contributed by atoms with van der Waals surface area (Å²) in [6.07, 6.45) is 2.16. The lowest BCUT2D eigenvalue weighted by Crippen LogP contribution is -2.49. The first-order valence-corrected chi connectivity index (χ1v) is 9.65. The van der Waals surface area contributed by atoms with Crippen LogP contribution in [-0.2, 0) is 9.53 Å². The van der Waals surface area contributed by atoms with Gasteiger partial charge in [-0.3, -0.25) is 9.59 Å². The number of nitrogens with zero attached hydrogens (tertiary/aromatic N) is 1. The summed E-state index contributed by atoms with van der Waals surface area (Å²) in [5.74, 6) is 0.614. The van der Waals surface area contributed by atoms with Crippen LogP contribution in [0, 0.1) is 5.92 Å². The summed E-state index contributed by atoms with van der Waals surface area (Å²) in [5.41, 5.74) is 0.714. The van der Waals surface area contributed by atoms with Gasteiger partial charge in [0.2, 0.25) is 0 Å². The predicted molar refractivity (Wildman–Crippen MR) is 96.3 cm³/mol. The van der Waals surface area contributed by atoms with Gasteiger partial charge in [-0.2, -0.15) is 11.3 Å². The summed E-state index contributed by atoms with van der Waals surface area (Å²) < 4.78 is 5.65. The molecule has 1 saturated heterocycles. The minimum Gasteiger partial charge on any atom is -0.369 e. The standard InChI is InChI=1S/C18H28N2O3S/c1-13(2)6-10-23-14(3)18(22)20-8-4-16(5-9-20)19-17(21)15-7-11-24-12-15/h7,11-14,16H,4-6,8-10H2,1-3H3,(H,19,21). The fourth-order valence-electron chi connectivity index (χ4n) is 2.72. The second-order valence-electron chi connectivity index (χ2n) is 6.78. The normalized spacial score (nSPS) is 17.1. The van der Waals surface area contributed by atoms with Crippen LogP contribution in [0.5, 0.6) is 0 Å². The second kappa shape index (κ2) is 9.18. The first-order chi connectivity index (χ1) is 11.5. The van der Waals surface area contributed by atoms with Crippen molar-refractivity contribution >= 4 is 23.2 Å². The Morgan fingerprint density at radius 1 is 1.33 bits per heavy atom. The van der Waals surface area contributed by atoms with Crippen LogP contribution in [0.25, 0.3) is 0 Å². The van der Waals surface area contributed by atoms with Gasteiger partial charge in [0.05, 0.1) is 0 Å². The van der Waals surface area contributed by atoms with Crippen LogP contribution in [0.1, 0.15) is 50.4 Å². The zero-order valence-corrected chi connectivity index (χ0v) is 15.6. The van der Waals surface area contributed by atoms with E-state index in [2.05, 4.69) is 19.2 Å². The van der Waals surface area contributed by atoms with Crippen molar-refractivity contribution in [3.05, 3.63) is 22.4 Å². The fraction of sp³-hybridized carbons (Fsp3) is 0.667. The van der Waals surface area contributed by atoms with Gasteiger partial charge in [-0.25, -0.2) is 0 Å². The number of rotatable bonds is 7. The number of carbonyl (C=O) groups is 2. The van der Waals surface area contributed by atoms with Crippen molar-refractivity contribution in [3.63, 3.8) is 0 Å². The number of ether oxygens (including phenoxy) is 1. The molecule has 0 spiro atoms. The molecule has 0 radical (unpaired) electrons. The Morgan fingerprint density at radius 2 is 2.04 bits per heavy atom. The zero-order chi connectivity index (χ0) is 17.5. The summed E-state index contributed by atoms with van der Waals surface area (Å²) in [5, 5.41) is 6.81. The minimum atomic E-state index is -0.388. The Hall–Kier alpha value is -1.40. The first kappa shape index (κ1) is 18.9. The van der Waals surface area contributed by atoms with Crippen LogP contribution in [0.2, 0.25) is 0 Å². The van der Waals surface area contributed by atoms with Crippen molar-refractivity contribution < 1.29 is 14.3 Å². The highest BCUT2D eigenvalue weighted by Gasteiger charge is 2.27. The quantitative estimate of drug-likeness (QED) is 0.821. The number of carbonyl (C=O) groups excluding carboxylic acids is 2. The van der Waals surface area contributed by atoms with E-state index in [4.69, 9.17) is 4.74 Å². The maximum atomic E-state index is 12.4. The molecule has 2 heterocycles. The van der Waals surface area contributed by atoms with Gasteiger partial charge in [-0.05, 0) is 43.6 Å². The largest absolute Gasteiger partial charge is 0.369 e. The van der Waals surface area contributed by atoms with Crippen LogP contribution in [-0.4, -0.2) is 48.6 Å². The van der Waals surface area contributed by atoms with Gasteiger partial charge in [0.25, 0.3) is 11.8 Å². The Balaban J connectivity index is 1.71. The van der Waals surface area contributed by atoms with Crippen molar-refractivity contribution in [1.82, 2.24) is 10.2 Å². The molecule has 134 valence electrons. The number of hydrogen-bond donors (Lipinski definition) is 1. The fourth-order valence-corrected chi connectivity index (χ4v) is 3.35. The number of nitrogens with one attached hydrogen (secondary N) is 1. The number of thiophene rings is 1. The number of amides is 2. The SMILES string of the molecule is CC(C)CCOC(C)C(=O)N1CCC(NC(=O)c2ccsc2)CC1. The molecular weight excluding hydrogens is 324 g/mol. The third-order valence-electron chi connectivity index (χ3n) is 4.34. The lowest BCUT2D eigenvalue weighted by molar-refractivity contribution is -0.144. The molecule has 1 aromatic heterocycles. The highest BCUT2D eigenvalue weighted by Crippen LogP contribution is 2.14. The van der Waals surface area contributed by atoms with Crippen molar-refractivity contribution in [1.29, 1.82) is 0 Å². The molecule has 1 unspecified atom stereocenters. The molecule has 1 atom stereocenters. The first-order valence-electron chi connectivity index (χ1n) is 8.70. The summed E-state index contributed by atoms with van der Waals surface area (Å²) >= 11 is 1.52. The van der Waals surface area contributed by atoms with Crippen LogP contribution in [0.15, 0.2) is 16.8 Å². The molecule has 24 heavy (non-hydrogen) atoms. The van der Waals surface area contributed by atoms with E-state index in [1.54, 1.807) is 0 Å². The van der Waals surface area contributed by atoms with Gasteiger partial charge >= 0.3 is 0 Å². The molecule has 2 rings (SSSR count). The van der Waals surface area contributed by atoms with E-state index in [0.29, 0.717) is 31.2 Å². The summed E-state index contributed by atoms with van der Waals surface area (Å²) in [6.45, 7) is 8.08. The molecule has 5 nitrogen and oxygen atoms in total. The van der Waals surface area contributed by atoms with E-state index in [9.17, 15) is 9.59 Å². The molecular formula is C18H28N2O3S. The molecule has 0 aliphatic carbocycles. The van der Waals surface area contributed by atoms with Gasteiger partial charge in [0, 0.05) is 36.7 Å². The smallest absolute Gasteiger partial charge is 0.252 e. The molecule has 1 aliphatic heterocycles. The molecule has 1 N–H and O–H groups in total. The van der Waals surface area contributed by atoms with Gasteiger partial charge in [0.1, 0.15) is 6.10 Å². The average Bonchev–Trinajstić information content (AvgIpc) is 3.09. The monoisotopic (exact) mass is 352 g/mol. The van der Waals surface area contributed by atoms with Gasteiger partial charge in [-0.1, -0.05) is 13.8 Å². The lowest BCUT2D eigenvalue weighted by Gasteiger charge is -2.33. The molecule has 0 bridgehead atoms. The molecule has 6 heteroatoms. The Kier molecular flexibility index (Phi) is 7.24. The van der Waals surface area contributed by atoms with E-state index >= 15 is 0 Å². The van der Waals surface area contributed by atoms with Crippen molar-refractivity contribution in [2.45, 2.75) is 52.2 Å². The van der Waals surface area contributed by atoms with Crippen LogP contribution >= 0.6 is 11.3 Å². The third kappa shape index (κ3) is 5.60. The summed E-state index contributed by atoms with van der Waals surface area (Å²) in [6, 6.07) is 1.97. The van der Waals surface area contributed by atoms with E-state index in [1.165, 1.54) is 11.3 Å². The maximum absolute atomic E-state index is 12.4. The summed E-state index contributed by atoms with van der Waals surface area (Å²) in [4.78, 5) is 26.3.